The fourth-order valence-corrected chi connectivity index (χ4v) is 3.01. The van der Waals surface area contributed by atoms with E-state index < -0.39 is 16.0 Å². The van der Waals surface area contributed by atoms with E-state index >= 15 is 0 Å². The molecule has 1 aromatic heterocycles. The highest BCUT2D eigenvalue weighted by Gasteiger charge is 2.15. The summed E-state index contributed by atoms with van der Waals surface area (Å²) in [6.45, 7) is 0. The van der Waals surface area contributed by atoms with Gasteiger partial charge in [-0.25, -0.2) is 18.2 Å². The first-order valence-electron chi connectivity index (χ1n) is 4.75. The molecule has 0 aliphatic heterocycles. The van der Waals surface area contributed by atoms with Crippen molar-refractivity contribution in [1.82, 2.24) is 4.98 Å². The molecular weight excluding hydrogens is 276 g/mol. The minimum Gasteiger partial charge on any atom is -0.478 e. The minimum atomic E-state index is -3.72. The van der Waals surface area contributed by atoms with Gasteiger partial charge in [-0.3, -0.25) is 4.72 Å². The van der Waals surface area contributed by atoms with E-state index in [4.69, 9.17) is 5.11 Å². The third-order valence-electron chi connectivity index (χ3n) is 2.07. The molecule has 2 N–H and O–H groups in total. The molecule has 0 radical (unpaired) electrons. The van der Waals surface area contributed by atoms with E-state index in [-0.39, 0.29) is 15.6 Å². The van der Waals surface area contributed by atoms with Crippen LogP contribution >= 0.6 is 11.3 Å². The number of nitrogens with one attached hydrogen (secondary N) is 1. The fraction of sp³-hybridized carbons (Fsp3) is 0. The Morgan fingerprint density at radius 2 is 1.94 bits per heavy atom. The highest BCUT2D eigenvalue weighted by atomic mass is 32.2. The molecule has 8 heteroatoms. The van der Waals surface area contributed by atoms with Crippen molar-refractivity contribution in [3.8, 4) is 0 Å². The van der Waals surface area contributed by atoms with Gasteiger partial charge in [0.1, 0.15) is 0 Å². The Morgan fingerprint density at radius 1 is 1.28 bits per heavy atom. The number of aromatic nitrogens is 1. The number of thiazole rings is 1. The van der Waals surface area contributed by atoms with Gasteiger partial charge in [-0.1, -0.05) is 0 Å². The Kier molecular flexibility index (Phi) is 3.30. The van der Waals surface area contributed by atoms with Gasteiger partial charge < -0.3 is 5.11 Å². The molecule has 0 spiro atoms. The van der Waals surface area contributed by atoms with E-state index in [1.807, 2.05) is 0 Å². The molecule has 0 aliphatic carbocycles. The van der Waals surface area contributed by atoms with Crippen molar-refractivity contribution in [3.63, 3.8) is 0 Å². The van der Waals surface area contributed by atoms with E-state index in [9.17, 15) is 13.2 Å². The molecule has 6 nitrogen and oxygen atoms in total. The number of aromatic carboxylic acids is 1. The maximum absolute atomic E-state index is 11.9. The minimum absolute atomic E-state index is 0.0114. The maximum Gasteiger partial charge on any atom is 0.335 e. The normalized spacial score (nSPS) is 11.1. The summed E-state index contributed by atoms with van der Waals surface area (Å²) in [4.78, 5) is 14.4. The van der Waals surface area contributed by atoms with Crippen molar-refractivity contribution < 1.29 is 18.3 Å². The zero-order chi connectivity index (χ0) is 13.2. The molecule has 0 fully saturated rings. The summed E-state index contributed by atoms with van der Waals surface area (Å²) in [5.74, 6) is -1.10. The molecule has 0 unspecified atom stereocenters. The smallest absolute Gasteiger partial charge is 0.335 e. The van der Waals surface area contributed by atoms with Gasteiger partial charge >= 0.3 is 5.97 Å². The average Bonchev–Trinajstić information content (AvgIpc) is 2.81. The number of anilines is 1. The second-order valence-corrected chi connectivity index (χ2v) is 5.85. The first-order chi connectivity index (χ1) is 8.49. The van der Waals surface area contributed by atoms with Crippen LogP contribution in [0.4, 0.5) is 5.13 Å². The summed E-state index contributed by atoms with van der Waals surface area (Å²) in [5, 5.41) is 10.6. The van der Waals surface area contributed by atoms with Gasteiger partial charge in [-0.05, 0) is 24.3 Å². The lowest BCUT2D eigenvalue weighted by molar-refractivity contribution is 0.0697. The quantitative estimate of drug-likeness (QED) is 0.889. The molecule has 0 saturated heterocycles. The predicted octanol–water partition coefficient (Wildman–Crippen LogP) is 1.64. The van der Waals surface area contributed by atoms with Crippen LogP contribution in [-0.4, -0.2) is 24.5 Å². The molecule has 0 saturated carbocycles. The number of rotatable bonds is 4. The second-order valence-electron chi connectivity index (χ2n) is 3.27. The van der Waals surface area contributed by atoms with Crippen LogP contribution in [0.1, 0.15) is 10.4 Å². The topological polar surface area (TPSA) is 96.4 Å². The zero-order valence-electron chi connectivity index (χ0n) is 8.90. The molecule has 0 atom stereocenters. The van der Waals surface area contributed by atoms with Crippen molar-refractivity contribution in [2.45, 2.75) is 4.90 Å². The first kappa shape index (κ1) is 12.5. The lowest BCUT2D eigenvalue weighted by atomic mass is 10.2. The van der Waals surface area contributed by atoms with Crippen molar-refractivity contribution in [2.75, 3.05) is 4.72 Å². The molecule has 2 aromatic rings. The Balaban J connectivity index is 2.27. The molecule has 0 amide bonds. The summed E-state index contributed by atoms with van der Waals surface area (Å²) >= 11 is 1.16. The lowest BCUT2D eigenvalue weighted by Gasteiger charge is -2.05. The molecule has 0 bridgehead atoms. The second kappa shape index (κ2) is 4.75. The van der Waals surface area contributed by atoms with E-state index in [1.54, 1.807) is 5.38 Å². The first-order valence-corrected chi connectivity index (χ1v) is 7.11. The number of nitrogens with zero attached hydrogens (tertiary/aromatic N) is 1. The Labute approximate surface area is 107 Å². The average molecular weight is 284 g/mol. The van der Waals surface area contributed by atoms with Gasteiger partial charge in [-0.2, -0.15) is 0 Å². The van der Waals surface area contributed by atoms with E-state index in [0.29, 0.717) is 0 Å². The van der Waals surface area contributed by atoms with Crippen LogP contribution in [0.5, 0.6) is 0 Å². The molecule has 18 heavy (non-hydrogen) atoms. The number of carbonyl (C=O) groups is 1. The van der Waals surface area contributed by atoms with Crippen molar-refractivity contribution in [1.29, 1.82) is 0 Å². The SMILES string of the molecule is O=C(O)c1ccc(S(=O)(=O)Nc2nccs2)cc1. The largest absolute Gasteiger partial charge is 0.478 e. The lowest BCUT2D eigenvalue weighted by Crippen LogP contribution is -2.12. The molecule has 0 aliphatic rings. The third-order valence-corrected chi connectivity index (χ3v) is 4.24. The van der Waals surface area contributed by atoms with Crippen LogP contribution < -0.4 is 4.72 Å². The van der Waals surface area contributed by atoms with E-state index in [2.05, 4.69) is 9.71 Å². The number of benzene rings is 1. The van der Waals surface area contributed by atoms with Crippen LogP contribution in [0.25, 0.3) is 0 Å². The summed E-state index contributed by atoms with van der Waals surface area (Å²) < 4.78 is 26.1. The van der Waals surface area contributed by atoms with E-state index in [1.165, 1.54) is 30.5 Å². The predicted molar refractivity (Wildman–Crippen MR) is 66.3 cm³/mol. The third kappa shape index (κ3) is 2.66. The van der Waals surface area contributed by atoms with Gasteiger partial charge in [0.2, 0.25) is 0 Å². The van der Waals surface area contributed by atoms with Crippen molar-refractivity contribution in [2.24, 2.45) is 0 Å². The molecular formula is C10H8N2O4S2. The standard InChI is InChI=1S/C10H8N2O4S2/c13-9(14)7-1-3-8(4-2-7)18(15,16)12-10-11-5-6-17-10/h1-6H,(H,11,12)(H,13,14). The molecule has 94 valence electrons. The number of sulfonamides is 1. The van der Waals surface area contributed by atoms with E-state index in [0.717, 1.165) is 11.3 Å². The van der Waals surface area contributed by atoms with Gasteiger partial charge in [0.05, 0.1) is 10.5 Å². The van der Waals surface area contributed by atoms with Crippen LogP contribution in [0.3, 0.4) is 0 Å². The van der Waals surface area contributed by atoms with Gasteiger partial charge in [0.25, 0.3) is 10.0 Å². The highest BCUT2D eigenvalue weighted by Crippen LogP contribution is 2.18. The highest BCUT2D eigenvalue weighted by molar-refractivity contribution is 7.93. The van der Waals surface area contributed by atoms with Crippen molar-refractivity contribution in [3.05, 3.63) is 41.4 Å². The van der Waals surface area contributed by atoms with Gasteiger partial charge in [-0.15, -0.1) is 11.3 Å². The van der Waals surface area contributed by atoms with Gasteiger partial charge in [0, 0.05) is 11.6 Å². The summed E-state index contributed by atoms with van der Waals surface area (Å²) in [6, 6.07) is 4.94. The maximum atomic E-state index is 11.9. The van der Waals surface area contributed by atoms with Crippen LogP contribution in [0.2, 0.25) is 0 Å². The van der Waals surface area contributed by atoms with Crippen LogP contribution in [0, 0.1) is 0 Å². The Morgan fingerprint density at radius 3 is 2.44 bits per heavy atom. The number of hydrogen-bond acceptors (Lipinski definition) is 5. The van der Waals surface area contributed by atoms with Crippen LogP contribution in [0.15, 0.2) is 40.7 Å². The van der Waals surface area contributed by atoms with Crippen LogP contribution in [-0.2, 0) is 10.0 Å². The summed E-state index contributed by atoms with van der Waals surface area (Å²) in [5.41, 5.74) is 0.0307. The van der Waals surface area contributed by atoms with Gasteiger partial charge in [0.15, 0.2) is 5.13 Å². The molecule has 2 rings (SSSR count). The Bertz CT molecular complexity index is 648. The molecule has 1 aromatic carbocycles. The number of carboxylic acid groups (broad SMARTS) is 1. The summed E-state index contributed by atoms with van der Waals surface area (Å²) in [6.07, 6.45) is 1.48. The summed E-state index contributed by atoms with van der Waals surface area (Å²) in [7, 11) is -3.72. The van der Waals surface area contributed by atoms with Crippen molar-refractivity contribution >= 4 is 32.5 Å². The monoisotopic (exact) mass is 284 g/mol. The Hall–Kier alpha value is -1.93. The number of hydrogen-bond donors (Lipinski definition) is 2. The zero-order valence-corrected chi connectivity index (χ0v) is 10.5. The fourth-order valence-electron chi connectivity index (χ4n) is 1.22. The number of carboxylic acids is 1. The molecule has 1 heterocycles.